The topological polar surface area (TPSA) is 44.2 Å². The van der Waals surface area contributed by atoms with Crippen LogP contribution in [-0.4, -0.2) is 29.5 Å². The second-order valence-corrected chi connectivity index (χ2v) is 6.67. The van der Waals surface area contributed by atoms with Gasteiger partial charge in [0.1, 0.15) is 5.60 Å². The molecule has 1 aliphatic rings. The van der Waals surface area contributed by atoms with Gasteiger partial charge >= 0.3 is 0 Å². The van der Waals surface area contributed by atoms with E-state index in [1.165, 1.54) is 0 Å². The molecule has 0 saturated heterocycles. The molecule has 1 heterocycles. The van der Waals surface area contributed by atoms with Crippen LogP contribution >= 0.6 is 0 Å². The second-order valence-electron chi connectivity index (χ2n) is 6.67. The molecule has 1 rings (SSSR count). The average Bonchev–Trinajstić information content (AvgIpc) is 2.38. The number of rotatable bonds is 4. The van der Waals surface area contributed by atoms with Crippen LogP contribution in [0.2, 0.25) is 0 Å². The zero-order chi connectivity index (χ0) is 15.4. The van der Waals surface area contributed by atoms with E-state index in [9.17, 15) is 0 Å². The lowest BCUT2D eigenvalue weighted by Gasteiger charge is -2.33. The standard InChI is InChI=1S/C17H29NO2/c1-13-7-8-14(2)11-15(18-10-9-13)12-20-17(5,6)16(3,4)19/h7-8,11,14,18-19H,1,9-10,12H2,2-6H3/p+1/b8-7?,15-11-. The van der Waals surface area contributed by atoms with Crippen LogP contribution in [0.4, 0.5) is 0 Å². The predicted octanol–water partition coefficient (Wildman–Crippen LogP) is 2.91. The Morgan fingerprint density at radius 1 is 1.40 bits per heavy atom. The third-order valence-corrected chi connectivity index (χ3v) is 3.99. The summed E-state index contributed by atoms with van der Waals surface area (Å²) in [7, 11) is 0. The minimum atomic E-state index is -0.633. The Hall–Kier alpha value is -1.06. The Morgan fingerprint density at radius 3 is 2.65 bits per heavy atom. The zero-order valence-electron chi connectivity index (χ0n) is 13.5. The minimum absolute atomic E-state index is 0.350. The molecule has 0 aromatic heterocycles. The molecule has 0 fully saturated rings. The highest BCUT2D eigenvalue weighted by Crippen LogP contribution is 2.25. The van der Waals surface area contributed by atoms with Gasteiger partial charge in [0.25, 0.3) is 0 Å². The summed E-state index contributed by atoms with van der Waals surface area (Å²) in [6, 6.07) is 0. The van der Waals surface area contributed by atoms with Crippen molar-refractivity contribution in [3.8, 4) is 0 Å². The largest absolute Gasteiger partial charge is 0.439 e. The summed E-state index contributed by atoms with van der Waals surface area (Å²) >= 11 is 0. The summed E-state index contributed by atoms with van der Waals surface area (Å²) in [6.45, 7) is 15.3. The highest BCUT2D eigenvalue weighted by atomic mass is 16.5. The van der Waals surface area contributed by atoms with E-state index in [1.54, 1.807) is 0 Å². The lowest BCUT2D eigenvalue weighted by atomic mass is 9.89. The molecule has 0 aromatic rings. The van der Waals surface area contributed by atoms with Crippen LogP contribution in [0.3, 0.4) is 0 Å². The second kappa shape index (κ2) is 6.59. The van der Waals surface area contributed by atoms with E-state index >= 15 is 0 Å². The number of hydrogen-bond acceptors (Lipinski definition) is 2. The molecule has 1 aliphatic heterocycles. The maximum atomic E-state index is 8.14. The highest BCUT2D eigenvalue weighted by Gasteiger charge is 2.40. The first-order valence-corrected chi connectivity index (χ1v) is 7.31. The fraction of sp³-hybridized carbons (Fsp3) is 0.647. The van der Waals surface area contributed by atoms with Gasteiger partial charge in [0.05, 0.1) is 6.61 Å². The zero-order valence-corrected chi connectivity index (χ0v) is 13.5. The quantitative estimate of drug-likeness (QED) is 0.805. The van der Waals surface area contributed by atoms with Gasteiger partial charge in [-0.2, -0.15) is 0 Å². The number of ether oxygens (including phenoxy) is 1. The number of nitrogens with one attached hydrogen (secondary N) is 1. The molecule has 3 heteroatoms. The third-order valence-electron chi connectivity index (χ3n) is 3.99. The van der Waals surface area contributed by atoms with Gasteiger partial charge in [-0.3, -0.25) is 0 Å². The Morgan fingerprint density at radius 2 is 2.05 bits per heavy atom. The summed E-state index contributed by atoms with van der Waals surface area (Å²) < 4.78 is 5.98. The first-order valence-electron chi connectivity index (χ1n) is 7.31. The molecule has 0 saturated carbocycles. The van der Waals surface area contributed by atoms with E-state index in [2.05, 4.69) is 37.0 Å². The summed E-state index contributed by atoms with van der Waals surface area (Å²) in [4.78, 5) is 0. The molecule has 1 unspecified atom stereocenters. The van der Waals surface area contributed by atoms with Gasteiger partial charge in [0.15, 0.2) is 5.60 Å². The molecule has 3 nitrogen and oxygen atoms in total. The Bertz CT molecular complexity index is 400. The van der Waals surface area contributed by atoms with Crippen molar-refractivity contribution >= 4 is 0 Å². The van der Waals surface area contributed by atoms with Gasteiger partial charge in [0, 0.05) is 26.1 Å². The molecule has 3 N–H and O–H groups in total. The molecule has 114 valence electrons. The van der Waals surface area contributed by atoms with E-state index in [-0.39, 0.29) is 0 Å². The van der Waals surface area contributed by atoms with Gasteiger partial charge in [0.2, 0.25) is 0 Å². The van der Waals surface area contributed by atoms with Gasteiger partial charge < -0.3 is 15.2 Å². The van der Waals surface area contributed by atoms with Crippen LogP contribution < -0.4 is 5.32 Å². The molecule has 0 aromatic carbocycles. The molecule has 1 atom stereocenters. The van der Waals surface area contributed by atoms with Crippen molar-refractivity contribution in [2.45, 2.75) is 52.2 Å². The summed E-state index contributed by atoms with van der Waals surface area (Å²) in [5, 5.41) is 11.6. The minimum Gasteiger partial charge on any atom is -0.439 e. The van der Waals surface area contributed by atoms with Gasteiger partial charge in [-0.25, -0.2) is 0 Å². The van der Waals surface area contributed by atoms with Gasteiger partial charge in [-0.15, -0.1) is 0 Å². The lowest BCUT2D eigenvalue weighted by molar-refractivity contribution is -0.142. The average molecular weight is 280 g/mol. The van der Waals surface area contributed by atoms with Crippen LogP contribution in [-0.2, 0) is 4.74 Å². The molecular weight excluding hydrogens is 250 g/mol. The third kappa shape index (κ3) is 5.14. The normalized spacial score (nSPS) is 24.2. The van der Waals surface area contributed by atoms with Crippen molar-refractivity contribution in [2.75, 3.05) is 13.2 Å². The van der Waals surface area contributed by atoms with Crippen molar-refractivity contribution in [1.82, 2.24) is 5.32 Å². The number of allylic oxidation sites excluding steroid dienone is 3. The molecule has 0 amide bonds. The highest BCUT2D eigenvalue weighted by molar-refractivity contribution is 5.20. The summed E-state index contributed by atoms with van der Waals surface area (Å²) in [5.74, 6) is 0.350. The molecule has 0 spiro atoms. The molecule has 0 bridgehead atoms. The molecule has 0 radical (unpaired) electrons. The van der Waals surface area contributed by atoms with Gasteiger partial charge in [-0.1, -0.05) is 37.3 Å². The van der Waals surface area contributed by atoms with E-state index in [0.29, 0.717) is 12.5 Å². The van der Waals surface area contributed by atoms with Gasteiger partial charge in [-0.05, 0) is 26.2 Å². The van der Waals surface area contributed by atoms with Crippen molar-refractivity contribution in [2.24, 2.45) is 5.92 Å². The van der Waals surface area contributed by atoms with Crippen LogP contribution in [0, 0.1) is 5.92 Å². The van der Waals surface area contributed by atoms with Crippen LogP contribution in [0.5, 0.6) is 0 Å². The predicted molar refractivity (Wildman–Crippen MR) is 85.9 cm³/mol. The van der Waals surface area contributed by atoms with Crippen molar-refractivity contribution in [1.29, 1.82) is 0 Å². The van der Waals surface area contributed by atoms with Crippen molar-refractivity contribution < 1.29 is 9.84 Å². The molecule has 20 heavy (non-hydrogen) atoms. The number of hydrogen-bond donors (Lipinski definition) is 1. The smallest absolute Gasteiger partial charge is 0.186 e. The summed E-state index contributed by atoms with van der Waals surface area (Å²) in [5.41, 5.74) is 1.12. The van der Waals surface area contributed by atoms with Crippen LogP contribution in [0.1, 0.15) is 41.0 Å². The maximum absolute atomic E-state index is 8.14. The van der Waals surface area contributed by atoms with Crippen molar-refractivity contribution in [3.05, 3.63) is 36.1 Å². The Labute approximate surface area is 123 Å². The van der Waals surface area contributed by atoms with Crippen LogP contribution in [0.15, 0.2) is 36.1 Å². The summed E-state index contributed by atoms with van der Waals surface area (Å²) in [6.07, 6.45) is 7.38. The van der Waals surface area contributed by atoms with E-state index in [0.717, 1.165) is 24.2 Å². The van der Waals surface area contributed by atoms with E-state index in [1.807, 2.05) is 27.7 Å². The van der Waals surface area contributed by atoms with Crippen LogP contribution in [0.25, 0.3) is 0 Å². The first kappa shape index (κ1) is 17.0. The molecular formula is C17H30NO2+. The fourth-order valence-electron chi connectivity index (χ4n) is 1.72. The van der Waals surface area contributed by atoms with E-state index in [4.69, 9.17) is 9.84 Å². The SMILES string of the molecule is C=C1C=CC(C)/C=C(/COC(C)(C)C(C)(C)[OH2+])NCC1. The lowest BCUT2D eigenvalue weighted by Crippen LogP contribution is -2.48. The first-order chi connectivity index (χ1) is 9.12. The van der Waals surface area contributed by atoms with E-state index < -0.39 is 11.2 Å². The molecule has 0 aliphatic carbocycles. The fourth-order valence-corrected chi connectivity index (χ4v) is 1.72. The van der Waals surface area contributed by atoms with Crippen molar-refractivity contribution in [3.63, 3.8) is 0 Å². The Balaban J connectivity index is 2.69. The Kier molecular flexibility index (Phi) is 5.60. The maximum Gasteiger partial charge on any atom is 0.186 e. The monoisotopic (exact) mass is 280 g/mol.